The summed E-state index contributed by atoms with van der Waals surface area (Å²) in [6.45, 7) is 8.87. The Morgan fingerprint density at radius 3 is 2.32 bits per heavy atom. The largest absolute Gasteiger partial charge is 0.494 e. The van der Waals surface area contributed by atoms with Crippen molar-refractivity contribution in [3.8, 4) is 5.75 Å². The second-order valence-electron chi connectivity index (χ2n) is 7.79. The van der Waals surface area contributed by atoms with Crippen LogP contribution in [-0.2, 0) is 0 Å². The standard InChI is InChI=1S/C24H31N3O3S/c1-5-17(4)25-23(29)20-8-6-7-9-21(20)26-24(31)27-22(28)18-10-12-19(13-11-18)30-15-14-16(2)3/h6-13,16-17H,5,14-15H2,1-4H3,(H,25,29)(H2,26,27,28,31). The van der Waals surface area contributed by atoms with E-state index in [1.165, 1.54) is 0 Å². The van der Waals surface area contributed by atoms with E-state index in [1.807, 2.05) is 13.8 Å². The van der Waals surface area contributed by atoms with Crippen molar-refractivity contribution in [2.45, 2.75) is 46.6 Å². The maximum absolute atomic E-state index is 12.5. The Kier molecular flexibility index (Phi) is 9.46. The van der Waals surface area contributed by atoms with Gasteiger partial charge in [0.05, 0.1) is 17.9 Å². The molecule has 0 heterocycles. The van der Waals surface area contributed by atoms with Crippen molar-refractivity contribution >= 4 is 34.8 Å². The van der Waals surface area contributed by atoms with Gasteiger partial charge in [0.1, 0.15) is 5.75 Å². The molecule has 2 aromatic rings. The number of nitrogens with one attached hydrogen (secondary N) is 3. The van der Waals surface area contributed by atoms with Crippen molar-refractivity contribution in [2.24, 2.45) is 5.92 Å². The van der Waals surface area contributed by atoms with Crippen LogP contribution in [0.15, 0.2) is 48.5 Å². The zero-order valence-corrected chi connectivity index (χ0v) is 19.3. The van der Waals surface area contributed by atoms with E-state index in [0.717, 1.165) is 18.6 Å². The highest BCUT2D eigenvalue weighted by Crippen LogP contribution is 2.16. The Balaban J connectivity index is 1.95. The number of anilines is 1. The Morgan fingerprint density at radius 2 is 1.68 bits per heavy atom. The van der Waals surface area contributed by atoms with Crippen LogP contribution in [0.2, 0.25) is 0 Å². The first-order valence-corrected chi connectivity index (χ1v) is 11.0. The molecule has 1 atom stereocenters. The molecule has 0 radical (unpaired) electrons. The van der Waals surface area contributed by atoms with Crippen molar-refractivity contribution in [3.63, 3.8) is 0 Å². The lowest BCUT2D eigenvalue weighted by molar-refractivity contribution is 0.0938. The lowest BCUT2D eigenvalue weighted by Crippen LogP contribution is -2.36. The molecule has 3 N–H and O–H groups in total. The number of rotatable bonds is 9. The minimum absolute atomic E-state index is 0.0598. The topological polar surface area (TPSA) is 79.5 Å². The number of hydrogen-bond donors (Lipinski definition) is 3. The van der Waals surface area contributed by atoms with Gasteiger partial charge in [-0.3, -0.25) is 14.9 Å². The van der Waals surface area contributed by atoms with Crippen molar-refractivity contribution in [1.29, 1.82) is 0 Å². The predicted octanol–water partition coefficient (Wildman–Crippen LogP) is 4.77. The monoisotopic (exact) mass is 441 g/mol. The molecule has 0 aromatic heterocycles. The van der Waals surface area contributed by atoms with Gasteiger partial charge in [-0.2, -0.15) is 0 Å². The number of carbonyl (C=O) groups excluding carboxylic acids is 2. The summed E-state index contributed by atoms with van der Waals surface area (Å²) in [5, 5.41) is 8.64. The Hall–Kier alpha value is -2.93. The van der Waals surface area contributed by atoms with Crippen LogP contribution in [0, 0.1) is 5.92 Å². The lowest BCUT2D eigenvalue weighted by Gasteiger charge is -2.16. The summed E-state index contributed by atoms with van der Waals surface area (Å²) >= 11 is 5.28. The first-order valence-electron chi connectivity index (χ1n) is 10.5. The van der Waals surface area contributed by atoms with Gasteiger partial charge in [0.15, 0.2) is 5.11 Å². The van der Waals surface area contributed by atoms with E-state index >= 15 is 0 Å². The van der Waals surface area contributed by atoms with Crippen molar-refractivity contribution < 1.29 is 14.3 Å². The fourth-order valence-electron chi connectivity index (χ4n) is 2.64. The summed E-state index contributed by atoms with van der Waals surface area (Å²) < 4.78 is 5.67. The smallest absolute Gasteiger partial charge is 0.257 e. The summed E-state index contributed by atoms with van der Waals surface area (Å²) in [5.74, 6) is 0.761. The molecule has 2 aromatic carbocycles. The average Bonchev–Trinajstić information content (AvgIpc) is 2.74. The predicted molar refractivity (Wildman–Crippen MR) is 129 cm³/mol. The van der Waals surface area contributed by atoms with Crippen LogP contribution in [0.4, 0.5) is 5.69 Å². The molecular formula is C24H31N3O3S. The second-order valence-corrected chi connectivity index (χ2v) is 8.20. The first kappa shape index (κ1) is 24.3. The Morgan fingerprint density at radius 1 is 1.00 bits per heavy atom. The molecule has 166 valence electrons. The van der Waals surface area contributed by atoms with Gasteiger partial charge in [-0.25, -0.2) is 0 Å². The van der Waals surface area contributed by atoms with Crippen LogP contribution in [0.5, 0.6) is 5.75 Å². The van der Waals surface area contributed by atoms with Gasteiger partial charge in [-0.05, 0) is 74.3 Å². The van der Waals surface area contributed by atoms with E-state index in [0.29, 0.717) is 29.3 Å². The zero-order valence-electron chi connectivity index (χ0n) is 18.5. The quantitative estimate of drug-likeness (QED) is 0.489. The molecule has 1 unspecified atom stereocenters. The summed E-state index contributed by atoms with van der Waals surface area (Å²) in [6.07, 6.45) is 1.80. The molecule has 2 amide bonds. The Labute approximate surface area is 189 Å². The molecule has 7 heteroatoms. The second kappa shape index (κ2) is 12.1. The molecule has 2 rings (SSSR count). The van der Waals surface area contributed by atoms with Gasteiger partial charge in [0, 0.05) is 11.6 Å². The molecule has 0 fully saturated rings. The maximum Gasteiger partial charge on any atom is 0.257 e. The molecule has 31 heavy (non-hydrogen) atoms. The van der Waals surface area contributed by atoms with Gasteiger partial charge >= 0.3 is 0 Å². The van der Waals surface area contributed by atoms with Crippen LogP contribution in [0.25, 0.3) is 0 Å². The highest BCUT2D eigenvalue weighted by molar-refractivity contribution is 7.80. The normalized spacial score (nSPS) is 11.5. The van der Waals surface area contributed by atoms with E-state index in [1.54, 1.807) is 48.5 Å². The number of amides is 2. The molecule has 0 saturated carbocycles. The number of thiocarbonyl (C=S) groups is 1. The minimum atomic E-state index is -0.340. The van der Waals surface area contributed by atoms with Gasteiger partial charge in [-0.15, -0.1) is 0 Å². The van der Waals surface area contributed by atoms with Crippen LogP contribution in [-0.4, -0.2) is 29.6 Å². The van der Waals surface area contributed by atoms with Gasteiger partial charge < -0.3 is 15.4 Å². The minimum Gasteiger partial charge on any atom is -0.494 e. The molecule has 0 spiro atoms. The number of ether oxygens (including phenoxy) is 1. The van der Waals surface area contributed by atoms with E-state index in [-0.39, 0.29) is 23.0 Å². The van der Waals surface area contributed by atoms with E-state index in [4.69, 9.17) is 17.0 Å². The third kappa shape index (κ3) is 8.02. The average molecular weight is 442 g/mol. The maximum atomic E-state index is 12.5. The van der Waals surface area contributed by atoms with Crippen LogP contribution < -0.4 is 20.7 Å². The van der Waals surface area contributed by atoms with Gasteiger partial charge in [0.25, 0.3) is 11.8 Å². The van der Waals surface area contributed by atoms with Crippen LogP contribution >= 0.6 is 12.2 Å². The zero-order chi connectivity index (χ0) is 22.8. The number of para-hydroxylation sites is 1. The highest BCUT2D eigenvalue weighted by Gasteiger charge is 2.15. The number of carbonyl (C=O) groups is 2. The fourth-order valence-corrected chi connectivity index (χ4v) is 2.84. The van der Waals surface area contributed by atoms with E-state index in [2.05, 4.69) is 29.8 Å². The molecule has 0 aliphatic rings. The molecule has 0 aliphatic heterocycles. The molecule has 0 bridgehead atoms. The third-order valence-corrected chi connectivity index (χ3v) is 4.92. The SMILES string of the molecule is CCC(C)NC(=O)c1ccccc1NC(=S)NC(=O)c1ccc(OCCC(C)C)cc1. The van der Waals surface area contributed by atoms with Crippen molar-refractivity contribution in [2.75, 3.05) is 11.9 Å². The van der Waals surface area contributed by atoms with Crippen LogP contribution in [0.1, 0.15) is 61.3 Å². The van der Waals surface area contributed by atoms with Gasteiger partial charge in [0.2, 0.25) is 0 Å². The summed E-state index contributed by atoms with van der Waals surface area (Å²) in [5.41, 5.74) is 1.45. The fraction of sp³-hybridized carbons (Fsp3) is 0.375. The lowest BCUT2D eigenvalue weighted by atomic mass is 10.1. The molecule has 0 saturated heterocycles. The molecule has 0 aliphatic carbocycles. The van der Waals surface area contributed by atoms with E-state index < -0.39 is 0 Å². The molecular weight excluding hydrogens is 410 g/mol. The summed E-state index contributed by atoms with van der Waals surface area (Å²) in [7, 11) is 0. The summed E-state index contributed by atoms with van der Waals surface area (Å²) in [6, 6.07) is 14.0. The number of benzene rings is 2. The number of hydrogen-bond acceptors (Lipinski definition) is 4. The van der Waals surface area contributed by atoms with Crippen LogP contribution in [0.3, 0.4) is 0 Å². The third-order valence-electron chi connectivity index (χ3n) is 4.72. The highest BCUT2D eigenvalue weighted by atomic mass is 32.1. The van der Waals surface area contributed by atoms with Gasteiger partial charge in [-0.1, -0.05) is 32.9 Å². The molecule has 6 nitrogen and oxygen atoms in total. The van der Waals surface area contributed by atoms with E-state index in [9.17, 15) is 9.59 Å². The van der Waals surface area contributed by atoms with Crippen molar-refractivity contribution in [1.82, 2.24) is 10.6 Å². The van der Waals surface area contributed by atoms with Crippen molar-refractivity contribution in [3.05, 3.63) is 59.7 Å². The first-order chi connectivity index (χ1) is 14.8. The summed E-state index contributed by atoms with van der Waals surface area (Å²) in [4.78, 5) is 25.0. The Bertz CT molecular complexity index is 897.